The Morgan fingerprint density at radius 1 is 1.04 bits per heavy atom. The first-order valence-corrected chi connectivity index (χ1v) is 12.2. The van der Waals surface area contributed by atoms with E-state index in [1.165, 1.54) is 0 Å². The maximum absolute atomic E-state index is 6.76. The molecule has 138 valence electrons. The van der Waals surface area contributed by atoms with E-state index in [0.29, 0.717) is 16.0 Å². The van der Waals surface area contributed by atoms with Crippen LogP contribution in [0.15, 0.2) is 12.4 Å². The van der Waals surface area contributed by atoms with Crippen molar-refractivity contribution in [2.24, 2.45) is 5.92 Å². The van der Waals surface area contributed by atoms with Gasteiger partial charge in [-0.1, -0.05) is 50.9 Å². The largest absolute Gasteiger partial charge is 0.410 e. The summed E-state index contributed by atoms with van der Waals surface area (Å²) in [5, 5.41) is 1.19. The van der Waals surface area contributed by atoms with Gasteiger partial charge in [-0.2, -0.15) is 0 Å². The molecule has 1 rings (SSSR count). The lowest BCUT2D eigenvalue weighted by Gasteiger charge is -2.34. The van der Waals surface area contributed by atoms with Gasteiger partial charge in [-0.05, 0) is 36.9 Å². The number of hydrogen-bond donors (Lipinski definition) is 0. The SMILES string of the molecule is CC[Si](CC)(CC)OC(CCC(C)COC)c1c(Cl)cncc1Cl. The average Bonchev–Trinajstić information content (AvgIpc) is 2.57. The van der Waals surface area contributed by atoms with Gasteiger partial charge in [0, 0.05) is 31.7 Å². The zero-order chi connectivity index (χ0) is 18.2. The van der Waals surface area contributed by atoms with E-state index in [2.05, 4.69) is 32.7 Å². The van der Waals surface area contributed by atoms with Gasteiger partial charge in [-0.25, -0.2) is 0 Å². The van der Waals surface area contributed by atoms with Gasteiger partial charge in [-0.3, -0.25) is 4.98 Å². The number of ether oxygens (including phenoxy) is 1. The normalized spacial score (nSPS) is 14.6. The molecule has 0 fully saturated rings. The molecule has 2 atom stereocenters. The number of halogens is 2. The van der Waals surface area contributed by atoms with Crippen molar-refractivity contribution in [2.75, 3.05) is 13.7 Å². The molecule has 0 saturated heterocycles. The van der Waals surface area contributed by atoms with E-state index < -0.39 is 8.32 Å². The molecular formula is C18H31Cl2NO2Si. The third-order valence-electron chi connectivity index (χ3n) is 4.91. The highest BCUT2D eigenvalue weighted by molar-refractivity contribution is 6.73. The predicted molar refractivity (Wildman–Crippen MR) is 106 cm³/mol. The van der Waals surface area contributed by atoms with E-state index in [1.54, 1.807) is 19.5 Å². The quantitative estimate of drug-likeness (QED) is 0.402. The van der Waals surface area contributed by atoms with Crippen molar-refractivity contribution in [1.29, 1.82) is 0 Å². The highest BCUT2D eigenvalue weighted by atomic mass is 35.5. The number of aromatic nitrogens is 1. The molecule has 2 unspecified atom stereocenters. The van der Waals surface area contributed by atoms with Crippen molar-refractivity contribution >= 4 is 31.5 Å². The second kappa shape index (κ2) is 10.8. The topological polar surface area (TPSA) is 31.4 Å². The van der Waals surface area contributed by atoms with Crippen molar-refractivity contribution in [3.63, 3.8) is 0 Å². The van der Waals surface area contributed by atoms with Gasteiger partial charge in [-0.15, -0.1) is 0 Å². The number of rotatable bonds is 11. The lowest BCUT2D eigenvalue weighted by atomic mass is 10.00. The van der Waals surface area contributed by atoms with Crippen molar-refractivity contribution in [3.05, 3.63) is 28.0 Å². The van der Waals surface area contributed by atoms with Crippen LogP contribution in [-0.2, 0) is 9.16 Å². The van der Waals surface area contributed by atoms with E-state index in [-0.39, 0.29) is 6.10 Å². The van der Waals surface area contributed by atoms with Gasteiger partial charge in [0.15, 0.2) is 8.32 Å². The van der Waals surface area contributed by atoms with E-state index in [0.717, 1.165) is 43.1 Å². The molecule has 0 amide bonds. The molecule has 24 heavy (non-hydrogen) atoms. The fraction of sp³-hybridized carbons (Fsp3) is 0.722. The molecule has 0 bridgehead atoms. The van der Waals surface area contributed by atoms with Crippen LogP contribution in [0, 0.1) is 5.92 Å². The molecule has 1 aromatic heterocycles. The van der Waals surface area contributed by atoms with Crippen LogP contribution < -0.4 is 0 Å². The maximum Gasteiger partial charge on any atom is 0.192 e. The summed E-state index contributed by atoms with van der Waals surface area (Å²) < 4.78 is 12.0. The first-order chi connectivity index (χ1) is 11.4. The second-order valence-electron chi connectivity index (χ2n) is 6.50. The van der Waals surface area contributed by atoms with E-state index in [4.69, 9.17) is 32.4 Å². The molecule has 0 aliphatic rings. The zero-order valence-corrected chi connectivity index (χ0v) is 18.1. The Kier molecular flexibility index (Phi) is 9.83. The van der Waals surface area contributed by atoms with Crippen LogP contribution in [0.4, 0.5) is 0 Å². The van der Waals surface area contributed by atoms with Crippen molar-refractivity contribution in [3.8, 4) is 0 Å². The molecule has 6 heteroatoms. The Labute approximate surface area is 158 Å². The molecule has 0 spiro atoms. The fourth-order valence-electron chi connectivity index (χ4n) is 3.10. The Morgan fingerprint density at radius 2 is 1.58 bits per heavy atom. The van der Waals surface area contributed by atoms with Crippen LogP contribution in [0.2, 0.25) is 28.2 Å². The lowest BCUT2D eigenvalue weighted by molar-refractivity contribution is 0.131. The van der Waals surface area contributed by atoms with Gasteiger partial charge in [0.05, 0.1) is 16.1 Å². The third-order valence-corrected chi connectivity index (χ3v) is 10.2. The van der Waals surface area contributed by atoms with Crippen molar-refractivity contribution in [1.82, 2.24) is 4.98 Å². The van der Waals surface area contributed by atoms with Crippen molar-refractivity contribution in [2.45, 2.75) is 64.8 Å². The van der Waals surface area contributed by atoms with Crippen LogP contribution in [0.3, 0.4) is 0 Å². The van der Waals surface area contributed by atoms with Crippen molar-refractivity contribution < 1.29 is 9.16 Å². The molecule has 1 heterocycles. The number of hydrogen-bond acceptors (Lipinski definition) is 3. The van der Waals surface area contributed by atoms with Crippen LogP contribution in [0.5, 0.6) is 0 Å². The number of nitrogens with zero attached hydrogens (tertiary/aromatic N) is 1. The molecule has 0 aliphatic heterocycles. The Bertz CT molecular complexity index is 469. The first-order valence-electron chi connectivity index (χ1n) is 8.88. The summed E-state index contributed by atoms with van der Waals surface area (Å²) in [7, 11) is -0.0282. The highest BCUT2D eigenvalue weighted by Crippen LogP contribution is 2.39. The molecule has 3 nitrogen and oxygen atoms in total. The minimum absolute atomic E-state index is 0.0705. The smallest absolute Gasteiger partial charge is 0.192 e. The van der Waals surface area contributed by atoms with Gasteiger partial charge < -0.3 is 9.16 Å². The summed E-state index contributed by atoms with van der Waals surface area (Å²) >= 11 is 12.8. The van der Waals surface area contributed by atoms with Crippen LogP contribution >= 0.6 is 23.2 Å². The summed E-state index contributed by atoms with van der Waals surface area (Å²) in [6.07, 6.45) is 5.15. The van der Waals surface area contributed by atoms with E-state index in [9.17, 15) is 0 Å². The number of methoxy groups -OCH3 is 1. The van der Waals surface area contributed by atoms with Gasteiger partial charge in [0.2, 0.25) is 0 Å². The summed E-state index contributed by atoms with van der Waals surface area (Å²) in [5.74, 6) is 0.474. The standard InChI is InChI=1S/C18H31Cl2NO2Si/c1-6-24(7-2,8-3)23-17(10-9-14(4)13-22-5)18-15(19)11-21-12-16(18)20/h11-12,14,17H,6-10,13H2,1-5H3. The molecule has 0 radical (unpaired) electrons. The molecule has 0 aromatic carbocycles. The number of pyridine rings is 1. The third kappa shape index (κ3) is 5.99. The van der Waals surface area contributed by atoms with Crippen LogP contribution in [-0.4, -0.2) is 27.0 Å². The summed E-state index contributed by atoms with van der Waals surface area (Å²) in [4.78, 5) is 4.08. The first kappa shape index (κ1) is 21.9. The summed E-state index contributed by atoms with van der Waals surface area (Å²) in [6, 6.07) is 3.30. The highest BCUT2D eigenvalue weighted by Gasteiger charge is 2.34. The maximum atomic E-state index is 6.76. The fourth-order valence-corrected chi connectivity index (χ4v) is 6.54. The van der Waals surface area contributed by atoms with Gasteiger partial charge in [0.25, 0.3) is 0 Å². The molecule has 0 N–H and O–H groups in total. The van der Waals surface area contributed by atoms with E-state index >= 15 is 0 Å². The Morgan fingerprint density at radius 3 is 2.04 bits per heavy atom. The van der Waals surface area contributed by atoms with Gasteiger partial charge >= 0.3 is 0 Å². The summed E-state index contributed by atoms with van der Waals surface area (Å²) in [6.45, 7) is 9.65. The Hall–Kier alpha value is -0.133. The Balaban J connectivity index is 3.07. The van der Waals surface area contributed by atoms with Gasteiger partial charge in [0.1, 0.15) is 0 Å². The van der Waals surface area contributed by atoms with E-state index in [1.807, 2.05) is 0 Å². The molecule has 1 aromatic rings. The lowest BCUT2D eigenvalue weighted by Crippen LogP contribution is -2.37. The molecular weight excluding hydrogens is 361 g/mol. The zero-order valence-electron chi connectivity index (χ0n) is 15.6. The molecule has 0 aliphatic carbocycles. The van der Waals surface area contributed by atoms with Crippen LogP contribution in [0.1, 0.15) is 52.2 Å². The van der Waals surface area contributed by atoms with Crippen LogP contribution in [0.25, 0.3) is 0 Å². The molecule has 0 saturated carbocycles. The summed E-state index contributed by atoms with van der Waals surface area (Å²) in [5.41, 5.74) is 0.894. The predicted octanol–water partition coefficient (Wildman–Crippen LogP) is 6.51. The minimum Gasteiger partial charge on any atom is -0.410 e. The minimum atomic E-state index is -1.77. The average molecular weight is 392 g/mol. The monoisotopic (exact) mass is 391 g/mol. The second-order valence-corrected chi connectivity index (χ2v) is 12.0.